The Labute approximate surface area is 94.8 Å². The van der Waals surface area contributed by atoms with Crippen LogP contribution in [0.5, 0.6) is 5.75 Å². The molecule has 0 atom stereocenters. The standard InChI is InChI=1S/C10H6FNO5/c1-17-9(13)3-2-6-4-7(11)10(14)8(5-6)12(15)16/h4-5,14H,1H3. The summed E-state index contributed by atoms with van der Waals surface area (Å²) in [5.41, 5.74) is -0.934. The van der Waals surface area contributed by atoms with Gasteiger partial charge in [-0.15, -0.1) is 0 Å². The molecule has 1 aromatic rings. The zero-order valence-electron chi connectivity index (χ0n) is 8.56. The van der Waals surface area contributed by atoms with E-state index in [0.29, 0.717) is 0 Å². The SMILES string of the molecule is COC(=O)C#Cc1cc(F)c(O)c([N+](=O)[O-])c1. The van der Waals surface area contributed by atoms with Crippen LogP contribution in [0.15, 0.2) is 12.1 Å². The van der Waals surface area contributed by atoms with Gasteiger partial charge in [-0.1, -0.05) is 5.92 Å². The molecular weight excluding hydrogens is 233 g/mol. The van der Waals surface area contributed by atoms with Crippen LogP contribution in [0.3, 0.4) is 0 Å². The van der Waals surface area contributed by atoms with Crippen molar-refractivity contribution in [2.24, 2.45) is 0 Å². The van der Waals surface area contributed by atoms with Gasteiger partial charge < -0.3 is 9.84 Å². The molecule has 0 saturated heterocycles. The number of halogens is 1. The van der Waals surface area contributed by atoms with Gasteiger partial charge in [0.05, 0.1) is 12.0 Å². The first-order valence-electron chi connectivity index (χ1n) is 4.22. The van der Waals surface area contributed by atoms with E-state index >= 15 is 0 Å². The van der Waals surface area contributed by atoms with E-state index in [1.54, 1.807) is 0 Å². The predicted octanol–water partition coefficient (Wildman–Crippen LogP) is 0.964. The first-order valence-corrected chi connectivity index (χ1v) is 4.22. The van der Waals surface area contributed by atoms with Crippen molar-refractivity contribution in [3.05, 3.63) is 33.6 Å². The Hall–Kier alpha value is -2.62. The van der Waals surface area contributed by atoms with Crippen LogP contribution < -0.4 is 0 Å². The van der Waals surface area contributed by atoms with Crippen molar-refractivity contribution in [3.8, 4) is 17.6 Å². The van der Waals surface area contributed by atoms with Gasteiger partial charge in [-0.25, -0.2) is 9.18 Å². The molecule has 6 nitrogen and oxygen atoms in total. The molecule has 0 bridgehead atoms. The van der Waals surface area contributed by atoms with Crippen molar-refractivity contribution >= 4 is 11.7 Å². The maximum atomic E-state index is 13.1. The molecule has 1 aromatic carbocycles. The van der Waals surface area contributed by atoms with E-state index in [0.717, 1.165) is 19.2 Å². The van der Waals surface area contributed by atoms with E-state index in [2.05, 4.69) is 10.7 Å². The molecule has 0 fully saturated rings. The second kappa shape index (κ2) is 4.94. The summed E-state index contributed by atoms with van der Waals surface area (Å²) in [5, 5.41) is 19.5. The van der Waals surface area contributed by atoms with Gasteiger partial charge in [-0.2, -0.15) is 0 Å². The summed E-state index contributed by atoms with van der Waals surface area (Å²) in [5.74, 6) is 1.04. The average Bonchev–Trinajstić information content (AvgIpc) is 2.29. The first-order chi connectivity index (χ1) is 7.95. The van der Waals surface area contributed by atoms with Crippen molar-refractivity contribution in [1.82, 2.24) is 0 Å². The smallest absolute Gasteiger partial charge is 0.384 e. The molecule has 88 valence electrons. The monoisotopic (exact) mass is 239 g/mol. The van der Waals surface area contributed by atoms with Crippen LogP contribution in [-0.2, 0) is 9.53 Å². The molecule has 0 heterocycles. The molecule has 1 rings (SSSR count). The molecule has 0 unspecified atom stereocenters. The molecule has 7 heteroatoms. The van der Waals surface area contributed by atoms with Crippen LogP contribution in [0.25, 0.3) is 0 Å². The van der Waals surface area contributed by atoms with Gasteiger partial charge in [0.15, 0.2) is 5.82 Å². The van der Waals surface area contributed by atoms with Crippen LogP contribution in [0.2, 0.25) is 0 Å². The Balaban J connectivity index is 3.23. The number of phenolic OH excluding ortho intramolecular Hbond substituents is 1. The van der Waals surface area contributed by atoms with Crippen molar-refractivity contribution in [3.63, 3.8) is 0 Å². The van der Waals surface area contributed by atoms with Gasteiger partial charge in [0.25, 0.3) is 0 Å². The van der Waals surface area contributed by atoms with Crippen LogP contribution in [0, 0.1) is 27.8 Å². The predicted molar refractivity (Wildman–Crippen MR) is 53.6 cm³/mol. The number of benzene rings is 1. The molecule has 0 aliphatic rings. The third-order valence-corrected chi connectivity index (χ3v) is 1.73. The molecule has 0 amide bonds. The number of esters is 1. The number of phenols is 1. The van der Waals surface area contributed by atoms with Gasteiger partial charge in [0, 0.05) is 17.6 Å². The van der Waals surface area contributed by atoms with Gasteiger partial charge in [0.1, 0.15) is 0 Å². The fourth-order valence-electron chi connectivity index (χ4n) is 0.970. The molecule has 0 radical (unpaired) electrons. The summed E-state index contributed by atoms with van der Waals surface area (Å²) in [6.45, 7) is 0. The third-order valence-electron chi connectivity index (χ3n) is 1.73. The van der Waals surface area contributed by atoms with Gasteiger partial charge in [-0.3, -0.25) is 10.1 Å². The molecule has 0 aliphatic heterocycles. The largest absolute Gasteiger partial charge is 0.500 e. The Kier molecular flexibility index (Phi) is 3.62. The van der Waals surface area contributed by atoms with Gasteiger partial charge in [0.2, 0.25) is 5.75 Å². The topological polar surface area (TPSA) is 89.7 Å². The summed E-state index contributed by atoms with van der Waals surface area (Å²) in [6, 6.07) is 1.63. The number of rotatable bonds is 1. The third kappa shape index (κ3) is 2.92. The highest BCUT2D eigenvalue weighted by atomic mass is 19.1. The molecular formula is C10H6FNO5. The minimum absolute atomic E-state index is 0.114. The highest BCUT2D eigenvalue weighted by Gasteiger charge is 2.18. The number of hydrogen-bond acceptors (Lipinski definition) is 5. The maximum absolute atomic E-state index is 13.1. The maximum Gasteiger partial charge on any atom is 0.384 e. The fraction of sp³-hybridized carbons (Fsp3) is 0.100. The number of nitrogens with zero attached hydrogens (tertiary/aromatic N) is 1. The Bertz CT molecular complexity index is 544. The molecule has 0 spiro atoms. The molecule has 0 saturated carbocycles. The molecule has 1 N–H and O–H groups in total. The summed E-state index contributed by atoms with van der Waals surface area (Å²) in [6.07, 6.45) is 0. The Morgan fingerprint density at radius 1 is 1.59 bits per heavy atom. The quantitative estimate of drug-likeness (QED) is 0.341. The fourth-order valence-corrected chi connectivity index (χ4v) is 0.970. The summed E-state index contributed by atoms with van der Waals surface area (Å²) in [7, 11) is 1.11. The van der Waals surface area contributed by atoms with Crippen LogP contribution >= 0.6 is 0 Å². The lowest BCUT2D eigenvalue weighted by atomic mass is 10.2. The van der Waals surface area contributed by atoms with E-state index in [4.69, 9.17) is 5.11 Å². The van der Waals surface area contributed by atoms with E-state index in [9.17, 15) is 19.3 Å². The van der Waals surface area contributed by atoms with Gasteiger partial charge in [-0.05, 0) is 6.07 Å². The highest BCUT2D eigenvalue weighted by molar-refractivity contribution is 5.89. The number of hydrogen-bond donors (Lipinski definition) is 1. The lowest BCUT2D eigenvalue weighted by Crippen LogP contribution is -1.95. The number of nitro benzene ring substituents is 1. The normalized spacial score (nSPS) is 9.06. The first kappa shape index (κ1) is 12.4. The summed E-state index contributed by atoms with van der Waals surface area (Å²) >= 11 is 0. The second-order valence-electron chi connectivity index (χ2n) is 2.82. The zero-order chi connectivity index (χ0) is 13.0. The minimum atomic E-state index is -1.19. The summed E-state index contributed by atoms with van der Waals surface area (Å²) < 4.78 is 17.3. The molecule has 0 aliphatic carbocycles. The number of aromatic hydroxyl groups is 1. The van der Waals surface area contributed by atoms with E-state index in [1.807, 2.05) is 5.92 Å². The van der Waals surface area contributed by atoms with E-state index in [-0.39, 0.29) is 5.56 Å². The number of carbonyl (C=O) groups excluding carboxylic acids is 1. The number of ether oxygens (including phenoxy) is 1. The summed E-state index contributed by atoms with van der Waals surface area (Å²) in [4.78, 5) is 20.2. The average molecular weight is 239 g/mol. The number of carbonyl (C=O) groups is 1. The van der Waals surface area contributed by atoms with E-state index in [1.165, 1.54) is 0 Å². The van der Waals surface area contributed by atoms with E-state index < -0.39 is 28.1 Å². The minimum Gasteiger partial charge on any atom is -0.500 e. The van der Waals surface area contributed by atoms with Crippen LogP contribution in [-0.4, -0.2) is 23.1 Å². The second-order valence-corrected chi connectivity index (χ2v) is 2.82. The molecule has 17 heavy (non-hydrogen) atoms. The Morgan fingerprint density at radius 3 is 2.76 bits per heavy atom. The van der Waals surface area contributed by atoms with Crippen molar-refractivity contribution in [2.45, 2.75) is 0 Å². The van der Waals surface area contributed by atoms with Gasteiger partial charge >= 0.3 is 11.7 Å². The van der Waals surface area contributed by atoms with Crippen molar-refractivity contribution in [1.29, 1.82) is 0 Å². The number of methoxy groups -OCH3 is 1. The number of nitro groups is 1. The lowest BCUT2D eigenvalue weighted by Gasteiger charge is -1.98. The van der Waals surface area contributed by atoms with Crippen LogP contribution in [0.4, 0.5) is 10.1 Å². The van der Waals surface area contributed by atoms with Crippen molar-refractivity contribution < 1.29 is 24.0 Å². The van der Waals surface area contributed by atoms with Crippen molar-refractivity contribution in [2.75, 3.05) is 7.11 Å². The van der Waals surface area contributed by atoms with Crippen LogP contribution in [0.1, 0.15) is 5.56 Å². The zero-order valence-corrected chi connectivity index (χ0v) is 8.56. The molecule has 0 aromatic heterocycles. The Morgan fingerprint density at radius 2 is 2.24 bits per heavy atom. The highest BCUT2D eigenvalue weighted by Crippen LogP contribution is 2.29. The lowest BCUT2D eigenvalue weighted by molar-refractivity contribution is -0.386.